The first-order valence-electron chi connectivity index (χ1n) is 12.1. The maximum absolute atomic E-state index is 12.6. The van der Waals surface area contributed by atoms with Gasteiger partial charge in [0.2, 0.25) is 0 Å². The number of ether oxygens (including phenoxy) is 1. The van der Waals surface area contributed by atoms with Crippen LogP contribution in [-0.4, -0.2) is 44.4 Å². The molecule has 1 amide bonds. The molecule has 0 atom stereocenters. The molecule has 3 aromatic carbocycles. The predicted molar refractivity (Wildman–Crippen MR) is 151 cm³/mol. The highest BCUT2D eigenvalue weighted by molar-refractivity contribution is 7.99. The van der Waals surface area contributed by atoms with E-state index in [9.17, 15) is 9.90 Å². The summed E-state index contributed by atoms with van der Waals surface area (Å²) in [5, 5.41) is 23.6. The minimum atomic E-state index is -0.301. The fourth-order valence-corrected chi connectivity index (χ4v) is 4.53. The van der Waals surface area contributed by atoms with Gasteiger partial charge in [0.15, 0.2) is 11.0 Å². The van der Waals surface area contributed by atoms with Crippen molar-refractivity contribution in [1.82, 2.24) is 20.2 Å². The Hall–Kier alpha value is -4.11. The molecule has 0 aliphatic carbocycles. The van der Waals surface area contributed by atoms with E-state index in [0.717, 1.165) is 17.0 Å². The molecule has 0 saturated heterocycles. The van der Waals surface area contributed by atoms with Gasteiger partial charge in [0.05, 0.1) is 18.6 Å². The number of rotatable bonds is 8. The fraction of sp³-hybridized carbons (Fsp3) is 0.241. The number of nitrogens with zero attached hydrogens (tertiary/aromatic N) is 4. The number of phenolic OH excluding ortho intramolecular Hbond substituents is 1. The van der Waals surface area contributed by atoms with Gasteiger partial charge in [0.1, 0.15) is 11.5 Å². The van der Waals surface area contributed by atoms with Crippen LogP contribution in [0.3, 0.4) is 0 Å². The first-order valence-corrected chi connectivity index (χ1v) is 13.1. The second-order valence-electron chi connectivity index (χ2n) is 9.70. The minimum absolute atomic E-state index is 0.0383. The zero-order valence-corrected chi connectivity index (χ0v) is 22.9. The van der Waals surface area contributed by atoms with Crippen molar-refractivity contribution in [2.24, 2.45) is 5.10 Å². The summed E-state index contributed by atoms with van der Waals surface area (Å²) >= 11 is 1.26. The Kier molecular flexibility index (Phi) is 8.16. The zero-order chi connectivity index (χ0) is 27.3. The van der Waals surface area contributed by atoms with Crippen molar-refractivity contribution in [3.63, 3.8) is 0 Å². The van der Waals surface area contributed by atoms with Crippen LogP contribution in [-0.2, 0) is 10.2 Å². The van der Waals surface area contributed by atoms with Crippen LogP contribution in [0.5, 0.6) is 11.5 Å². The largest absolute Gasteiger partial charge is 0.507 e. The number of benzene rings is 3. The molecule has 0 radical (unpaired) electrons. The molecular weight excluding hydrogens is 498 g/mol. The monoisotopic (exact) mass is 529 g/mol. The average molecular weight is 530 g/mol. The number of aromatic nitrogens is 3. The number of hydrogen-bond donors (Lipinski definition) is 2. The van der Waals surface area contributed by atoms with Crippen molar-refractivity contribution >= 4 is 23.4 Å². The molecule has 0 aliphatic rings. The molecule has 0 fully saturated rings. The smallest absolute Gasteiger partial charge is 0.250 e. The molecule has 9 heteroatoms. The molecule has 196 valence electrons. The molecule has 1 heterocycles. The summed E-state index contributed by atoms with van der Waals surface area (Å²) in [4.78, 5) is 12.6. The summed E-state index contributed by atoms with van der Waals surface area (Å²) in [7, 11) is 1.62. The number of aromatic hydroxyl groups is 1. The lowest BCUT2D eigenvalue weighted by Crippen LogP contribution is -2.21. The number of methoxy groups -OCH3 is 1. The van der Waals surface area contributed by atoms with Gasteiger partial charge in [-0.3, -0.25) is 9.36 Å². The molecule has 0 aliphatic heterocycles. The summed E-state index contributed by atoms with van der Waals surface area (Å²) in [5.74, 6) is 1.30. The lowest BCUT2D eigenvalue weighted by molar-refractivity contribution is -0.118. The normalized spacial score (nSPS) is 11.9. The second kappa shape index (κ2) is 11.5. The molecule has 4 aromatic rings. The van der Waals surface area contributed by atoms with Gasteiger partial charge in [-0.05, 0) is 54.3 Å². The number of hydrogen-bond acceptors (Lipinski definition) is 7. The van der Waals surface area contributed by atoms with Crippen molar-refractivity contribution in [2.75, 3.05) is 12.9 Å². The van der Waals surface area contributed by atoms with Crippen molar-refractivity contribution < 1.29 is 14.6 Å². The van der Waals surface area contributed by atoms with Crippen LogP contribution in [0.1, 0.15) is 38.8 Å². The summed E-state index contributed by atoms with van der Waals surface area (Å²) in [5.41, 5.74) is 6.64. The third-order valence-corrected chi connectivity index (χ3v) is 6.88. The Labute approximate surface area is 226 Å². The Morgan fingerprint density at radius 2 is 1.71 bits per heavy atom. The van der Waals surface area contributed by atoms with Crippen LogP contribution >= 0.6 is 11.8 Å². The van der Waals surface area contributed by atoms with Crippen LogP contribution in [0.2, 0.25) is 0 Å². The highest BCUT2D eigenvalue weighted by atomic mass is 32.2. The van der Waals surface area contributed by atoms with Crippen molar-refractivity contribution in [2.45, 2.75) is 38.3 Å². The van der Waals surface area contributed by atoms with E-state index < -0.39 is 0 Å². The van der Waals surface area contributed by atoms with Crippen molar-refractivity contribution in [1.29, 1.82) is 0 Å². The first kappa shape index (κ1) is 26.9. The number of nitrogens with one attached hydrogen (secondary N) is 1. The Morgan fingerprint density at radius 3 is 2.34 bits per heavy atom. The number of amides is 1. The van der Waals surface area contributed by atoms with Gasteiger partial charge in [0, 0.05) is 16.8 Å². The number of thioether (sulfide) groups is 1. The minimum Gasteiger partial charge on any atom is -0.507 e. The Balaban J connectivity index is 1.57. The molecule has 38 heavy (non-hydrogen) atoms. The fourth-order valence-electron chi connectivity index (χ4n) is 3.78. The van der Waals surface area contributed by atoms with E-state index in [-0.39, 0.29) is 22.8 Å². The molecule has 0 bridgehead atoms. The lowest BCUT2D eigenvalue weighted by Gasteiger charge is -2.19. The SMILES string of the molecule is COc1ccc(-n2c(SCC(=O)NN=C(C)c3ccccc3O)nnc2-c2ccc(C(C)(C)C)cc2)cc1. The molecule has 8 nitrogen and oxygen atoms in total. The van der Waals surface area contributed by atoms with E-state index in [1.807, 2.05) is 41.0 Å². The van der Waals surface area contributed by atoms with Crippen molar-refractivity contribution in [3.8, 4) is 28.6 Å². The third-order valence-electron chi connectivity index (χ3n) is 5.95. The summed E-state index contributed by atoms with van der Waals surface area (Å²) in [6.07, 6.45) is 0. The van der Waals surface area contributed by atoms with Crippen LogP contribution in [0.4, 0.5) is 0 Å². The Morgan fingerprint density at radius 1 is 1.03 bits per heavy atom. The summed E-state index contributed by atoms with van der Waals surface area (Å²) < 4.78 is 7.24. The summed E-state index contributed by atoms with van der Waals surface area (Å²) in [6, 6.07) is 22.7. The predicted octanol–water partition coefficient (Wildman–Crippen LogP) is 5.58. The molecule has 0 spiro atoms. The number of carbonyl (C=O) groups excluding carboxylic acids is 1. The van der Waals surface area contributed by atoms with Crippen molar-refractivity contribution in [3.05, 3.63) is 83.9 Å². The molecule has 4 rings (SSSR count). The molecule has 0 unspecified atom stereocenters. The van der Waals surface area contributed by atoms with Crippen LogP contribution in [0.25, 0.3) is 17.1 Å². The van der Waals surface area contributed by atoms with Gasteiger partial charge in [-0.2, -0.15) is 5.10 Å². The van der Waals surface area contributed by atoms with E-state index in [1.165, 1.54) is 17.3 Å². The topological polar surface area (TPSA) is 102 Å². The number of carbonyl (C=O) groups is 1. The zero-order valence-electron chi connectivity index (χ0n) is 22.1. The highest BCUT2D eigenvalue weighted by Crippen LogP contribution is 2.30. The number of phenols is 1. The van der Waals surface area contributed by atoms with Gasteiger partial charge >= 0.3 is 0 Å². The maximum Gasteiger partial charge on any atom is 0.250 e. The third kappa shape index (κ3) is 6.23. The standard InChI is InChI=1S/C29H31N5O3S/c1-19(24-8-6-7-9-25(24)35)30-31-26(36)18-38-28-33-32-27(20-10-12-21(13-11-20)29(2,3)4)34(28)22-14-16-23(37-5)17-15-22/h6-17,35H,18H2,1-5H3,(H,31,36). The van der Waals surface area contributed by atoms with E-state index >= 15 is 0 Å². The second-order valence-corrected chi connectivity index (χ2v) is 10.6. The first-order chi connectivity index (χ1) is 18.2. The van der Waals surface area contributed by atoms with E-state index in [1.54, 1.807) is 38.3 Å². The van der Waals surface area contributed by atoms with Gasteiger partial charge < -0.3 is 9.84 Å². The van der Waals surface area contributed by atoms with Gasteiger partial charge in [-0.1, -0.05) is 68.9 Å². The molecule has 0 saturated carbocycles. The molecule has 1 aromatic heterocycles. The lowest BCUT2D eigenvalue weighted by atomic mass is 9.87. The highest BCUT2D eigenvalue weighted by Gasteiger charge is 2.19. The average Bonchev–Trinajstić information content (AvgIpc) is 3.34. The summed E-state index contributed by atoms with van der Waals surface area (Å²) in [6.45, 7) is 8.25. The van der Waals surface area contributed by atoms with E-state index in [2.05, 4.69) is 53.6 Å². The number of hydrazone groups is 1. The number of para-hydroxylation sites is 1. The van der Waals surface area contributed by atoms with Gasteiger partial charge in [-0.25, -0.2) is 5.43 Å². The van der Waals surface area contributed by atoms with Crippen LogP contribution < -0.4 is 10.2 Å². The quantitative estimate of drug-likeness (QED) is 0.176. The van der Waals surface area contributed by atoms with Crippen LogP contribution in [0.15, 0.2) is 83.1 Å². The van der Waals surface area contributed by atoms with E-state index in [4.69, 9.17) is 4.74 Å². The molecule has 2 N–H and O–H groups in total. The van der Waals surface area contributed by atoms with Crippen LogP contribution in [0, 0.1) is 0 Å². The maximum atomic E-state index is 12.6. The van der Waals surface area contributed by atoms with Gasteiger partial charge in [0.25, 0.3) is 5.91 Å². The molecular formula is C29H31N5O3S. The van der Waals surface area contributed by atoms with E-state index in [0.29, 0.717) is 22.3 Å². The van der Waals surface area contributed by atoms with Gasteiger partial charge in [-0.15, -0.1) is 10.2 Å². The Bertz CT molecular complexity index is 1440.